The van der Waals surface area contributed by atoms with Crippen LogP contribution in [0, 0.1) is 0 Å². The lowest BCUT2D eigenvalue weighted by Crippen LogP contribution is -2.51. The summed E-state index contributed by atoms with van der Waals surface area (Å²) in [4.78, 5) is 29.5. The molecule has 0 saturated carbocycles. The van der Waals surface area contributed by atoms with Crippen molar-refractivity contribution in [2.24, 2.45) is 0 Å². The minimum atomic E-state index is -1.01. The van der Waals surface area contributed by atoms with Crippen LogP contribution in [0.25, 0.3) is 0 Å². The molecule has 0 fully saturated rings. The largest absolute Gasteiger partial charge is 0.508 e. The molecule has 178 valence electrons. The first-order valence-corrected chi connectivity index (χ1v) is 11.8. The summed E-state index contributed by atoms with van der Waals surface area (Å²) in [6, 6.07) is 19.4. The fourth-order valence-corrected chi connectivity index (χ4v) is 4.66. The molecule has 1 aliphatic heterocycles. The number of furan rings is 1. The molecule has 0 radical (unpaired) electrons. The third-order valence-corrected chi connectivity index (χ3v) is 6.39. The van der Waals surface area contributed by atoms with Crippen molar-refractivity contribution < 1.29 is 28.6 Å². The van der Waals surface area contributed by atoms with E-state index in [0.717, 1.165) is 0 Å². The molecule has 0 aliphatic carbocycles. The molecule has 2 aromatic carbocycles. The highest BCUT2D eigenvalue weighted by Gasteiger charge is 2.39. The molecule has 0 saturated heterocycles. The minimum absolute atomic E-state index is 0.0175. The Labute approximate surface area is 205 Å². The Hall–Kier alpha value is -4.24. The standard InChI is InChI=1S/C26H22N2O6S/c29-18-7-3-6-17(14-18)28(26(31)22-16-33-20-9-1-2-10-21(20)34-22)24(23-11-5-13-35-23)25(30)27-15-19-8-4-12-32-19/h1-14,22,24,29H,15-16H2,(H,27,30)/t22-,24+/m0/s1. The lowest BCUT2D eigenvalue weighted by Gasteiger charge is -2.34. The topological polar surface area (TPSA) is 101 Å². The number of anilines is 1. The van der Waals surface area contributed by atoms with Gasteiger partial charge in [0, 0.05) is 16.6 Å². The van der Waals surface area contributed by atoms with E-state index in [4.69, 9.17) is 13.9 Å². The molecule has 2 atom stereocenters. The molecule has 2 amide bonds. The highest BCUT2D eigenvalue weighted by atomic mass is 32.1. The Morgan fingerprint density at radius 3 is 2.66 bits per heavy atom. The zero-order chi connectivity index (χ0) is 24.2. The van der Waals surface area contributed by atoms with E-state index in [1.165, 1.54) is 34.6 Å². The minimum Gasteiger partial charge on any atom is -0.508 e. The van der Waals surface area contributed by atoms with Crippen molar-refractivity contribution in [2.45, 2.75) is 18.7 Å². The highest BCUT2D eigenvalue weighted by molar-refractivity contribution is 7.10. The number of fused-ring (bicyclic) bond motifs is 1. The Morgan fingerprint density at radius 2 is 1.91 bits per heavy atom. The maximum Gasteiger partial charge on any atom is 0.272 e. The molecule has 2 N–H and O–H groups in total. The molecule has 5 rings (SSSR count). The second-order valence-corrected chi connectivity index (χ2v) is 8.79. The van der Waals surface area contributed by atoms with Crippen LogP contribution in [-0.2, 0) is 16.1 Å². The van der Waals surface area contributed by atoms with Gasteiger partial charge in [-0.3, -0.25) is 14.5 Å². The second kappa shape index (κ2) is 9.94. The van der Waals surface area contributed by atoms with Crippen molar-refractivity contribution in [1.82, 2.24) is 5.32 Å². The van der Waals surface area contributed by atoms with Gasteiger partial charge >= 0.3 is 0 Å². The average Bonchev–Trinajstić information content (AvgIpc) is 3.60. The Morgan fingerprint density at radius 1 is 1.06 bits per heavy atom. The predicted octanol–water partition coefficient (Wildman–Crippen LogP) is 4.28. The number of amides is 2. The molecule has 4 aromatic rings. The molecule has 8 nitrogen and oxygen atoms in total. The quantitative estimate of drug-likeness (QED) is 0.401. The van der Waals surface area contributed by atoms with Crippen LogP contribution >= 0.6 is 11.3 Å². The van der Waals surface area contributed by atoms with Gasteiger partial charge < -0.3 is 24.3 Å². The molecule has 3 heterocycles. The van der Waals surface area contributed by atoms with E-state index in [0.29, 0.717) is 27.8 Å². The first kappa shape index (κ1) is 22.5. The number of phenols is 1. The molecule has 1 aliphatic rings. The molecule has 35 heavy (non-hydrogen) atoms. The number of rotatable bonds is 7. The van der Waals surface area contributed by atoms with Crippen molar-refractivity contribution in [3.8, 4) is 17.2 Å². The van der Waals surface area contributed by atoms with Gasteiger partial charge in [-0.1, -0.05) is 24.3 Å². The van der Waals surface area contributed by atoms with Gasteiger partial charge in [-0.15, -0.1) is 11.3 Å². The van der Waals surface area contributed by atoms with Crippen molar-refractivity contribution in [3.05, 3.63) is 95.1 Å². The zero-order valence-electron chi connectivity index (χ0n) is 18.5. The van der Waals surface area contributed by atoms with E-state index in [1.54, 1.807) is 48.5 Å². The van der Waals surface area contributed by atoms with Crippen LogP contribution in [0.1, 0.15) is 16.7 Å². The van der Waals surface area contributed by atoms with Gasteiger partial charge in [-0.2, -0.15) is 0 Å². The summed E-state index contributed by atoms with van der Waals surface area (Å²) in [5.74, 6) is 0.662. The SMILES string of the molecule is O=C(NCc1ccco1)[C@@H](c1cccs1)N(C(=O)[C@@H]1COc2ccccc2O1)c1cccc(O)c1. The lowest BCUT2D eigenvalue weighted by molar-refractivity contribution is -0.131. The van der Waals surface area contributed by atoms with Crippen LogP contribution in [0.2, 0.25) is 0 Å². The van der Waals surface area contributed by atoms with Gasteiger partial charge in [0.2, 0.25) is 12.0 Å². The van der Waals surface area contributed by atoms with Crippen LogP contribution < -0.4 is 19.7 Å². The molecular formula is C26H22N2O6S. The number of para-hydroxylation sites is 2. The number of aromatic hydroxyl groups is 1. The average molecular weight is 491 g/mol. The van der Waals surface area contributed by atoms with E-state index >= 15 is 0 Å². The molecular weight excluding hydrogens is 468 g/mol. The van der Waals surface area contributed by atoms with Crippen molar-refractivity contribution in [3.63, 3.8) is 0 Å². The van der Waals surface area contributed by atoms with E-state index in [9.17, 15) is 14.7 Å². The number of nitrogens with one attached hydrogen (secondary N) is 1. The number of phenolic OH excluding ortho intramolecular Hbond substituents is 1. The number of benzene rings is 2. The summed E-state index contributed by atoms with van der Waals surface area (Å²) >= 11 is 1.35. The maximum absolute atomic E-state index is 13.9. The number of carbonyl (C=O) groups is 2. The molecule has 0 unspecified atom stereocenters. The van der Waals surface area contributed by atoms with E-state index in [2.05, 4.69) is 5.32 Å². The van der Waals surface area contributed by atoms with Crippen LogP contribution in [0.5, 0.6) is 17.2 Å². The van der Waals surface area contributed by atoms with Crippen molar-refractivity contribution in [1.29, 1.82) is 0 Å². The molecule has 0 spiro atoms. The predicted molar refractivity (Wildman–Crippen MR) is 130 cm³/mol. The van der Waals surface area contributed by atoms with Gasteiger partial charge in [0.25, 0.3) is 5.91 Å². The summed E-state index contributed by atoms with van der Waals surface area (Å²) in [7, 11) is 0. The Kier molecular flexibility index (Phi) is 6.40. The second-order valence-electron chi connectivity index (χ2n) is 7.81. The van der Waals surface area contributed by atoms with Gasteiger partial charge in [0.05, 0.1) is 12.8 Å². The maximum atomic E-state index is 13.9. The number of hydrogen-bond acceptors (Lipinski definition) is 7. The van der Waals surface area contributed by atoms with Crippen LogP contribution in [0.15, 0.2) is 88.9 Å². The Balaban J connectivity index is 1.51. The lowest BCUT2D eigenvalue weighted by atomic mass is 10.1. The third kappa shape index (κ3) is 4.85. The van der Waals surface area contributed by atoms with Crippen LogP contribution in [-0.4, -0.2) is 29.6 Å². The summed E-state index contributed by atoms with van der Waals surface area (Å²) in [6.45, 7) is 0.141. The smallest absolute Gasteiger partial charge is 0.272 e. The summed E-state index contributed by atoms with van der Waals surface area (Å²) < 4.78 is 17.1. The van der Waals surface area contributed by atoms with Gasteiger partial charge in [-0.25, -0.2) is 0 Å². The fourth-order valence-electron chi connectivity index (χ4n) is 3.85. The summed E-state index contributed by atoms with van der Waals surface area (Å²) in [5.41, 5.74) is 0.351. The molecule has 2 aromatic heterocycles. The normalized spacial score (nSPS) is 15.3. The van der Waals surface area contributed by atoms with Crippen LogP contribution in [0.4, 0.5) is 5.69 Å². The third-order valence-electron chi connectivity index (χ3n) is 5.47. The van der Waals surface area contributed by atoms with Gasteiger partial charge in [0.1, 0.15) is 24.2 Å². The zero-order valence-corrected chi connectivity index (χ0v) is 19.3. The summed E-state index contributed by atoms with van der Waals surface area (Å²) in [5, 5.41) is 14.9. The highest BCUT2D eigenvalue weighted by Crippen LogP contribution is 2.36. The van der Waals surface area contributed by atoms with Gasteiger partial charge in [-0.05, 0) is 47.8 Å². The van der Waals surface area contributed by atoms with E-state index in [1.807, 2.05) is 17.5 Å². The number of ether oxygens (including phenoxy) is 2. The van der Waals surface area contributed by atoms with E-state index < -0.39 is 24.0 Å². The monoisotopic (exact) mass is 490 g/mol. The first-order chi connectivity index (χ1) is 17.1. The fraction of sp³-hybridized carbons (Fsp3) is 0.154. The molecule has 0 bridgehead atoms. The Bertz CT molecular complexity index is 1310. The number of nitrogens with zero attached hydrogens (tertiary/aromatic N) is 1. The summed E-state index contributed by atoms with van der Waals surface area (Å²) in [6.07, 6.45) is 0.534. The first-order valence-electron chi connectivity index (χ1n) is 10.9. The molecule has 9 heteroatoms. The number of hydrogen-bond donors (Lipinski definition) is 2. The number of carbonyl (C=O) groups excluding carboxylic acids is 2. The van der Waals surface area contributed by atoms with Crippen molar-refractivity contribution >= 4 is 28.8 Å². The van der Waals surface area contributed by atoms with E-state index in [-0.39, 0.29) is 18.9 Å². The van der Waals surface area contributed by atoms with Crippen molar-refractivity contribution in [2.75, 3.05) is 11.5 Å². The van der Waals surface area contributed by atoms with Gasteiger partial charge in [0.15, 0.2) is 11.5 Å². The van der Waals surface area contributed by atoms with Crippen LogP contribution in [0.3, 0.4) is 0 Å². The number of thiophene rings is 1.